The van der Waals surface area contributed by atoms with Crippen molar-refractivity contribution >= 4 is 17.7 Å². The number of imide groups is 1. The van der Waals surface area contributed by atoms with Crippen molar-refractivity contribution in [2.24, 2.45) is 0 Å². The molecule has 1 aromatic rings. The van der Waals surface area contributed by atoms with Gasteiger partial charge in [0, 0.05) is 28.5 Å². The second kappa shape index (κ2) is 5.54. The van der Waals surface area contributed by atoms with Gasteiger partial charge in [-0.2, -0.15) is 0 Å². The van der Waals surface area contributed by atoms with Gasteiger partial charge >= 0.3 is 0 Å². The molecule has 1 aromatic carbocycles. The van der Waals surface area contributed by atoms with E-state index in [4.69, 9.17) is 4.74 Å². The van der Waals surface area contributed by atoms with Crippen molar-refractivity contribution in [1.82, 2.24) is 15.5 Å². The van der Waals surface area contributed by atoms with E-state index >= 15 is 0 Å². The van der Waals surface area contributed by atoms with Gasteiger partial charge in [0.15, 0.2) is 0 Å². The van der Waals surface area contributed by atoms with E-state index in [2.05, 4.69) is 10.6 Å². The van der Waals surface area contributed by atoms with Crippen LogP contribution in [0.5, 0.6) is 5.75 Å². The van der Waals surface area contributed by atoms with E-state index in [9.17, 15) is 14.4 Å². The molecule has 3 amide bonds. The van der Waals surface area contributed by atoms with Crippen molar-refractivity contribution in [1.29, 1.82) is 0 Å². The zero-order chi connectivity index (χ0) is 17.9. The van der Waals surface area contributed by atoms with Crippen LogP contribution >= 0.6 is 0 Å². The zero-order valence-electron chi connectivity index (χ0n) is 14.5. The molecule has 0 radical (unpaired) electrons. The number of amides is 3. The maximum atomic E-state index is 12.9. The molecule has 0 aliphatic carbocycles. The van der Waals surface area contributed by atoms with Crippen LogP contribution < -0.4 is 15.4 Å². The Morgan fingerprint density at radius 3 is 2.73 bits per heavy atom. The molecule has 2 N–H and O–H groups in total. The molecule has 26 heavy (non-hydrogen) atoms. The fourth-order valence-electron chi connectivity index (χ4n) is 4.80. The molecule has 0 saturated carbocycles. The number of carbonyl (C=O) groups is 3. The van der Waals surface area contributed by atoms with Crippen LogP contribution in [0.15, 0.2) is 12.1 Å². The van der Waals surface area contributed by atoms with Crippen LogP contribution in [0.3, 0.4) is 0 Å². The van der Waals surface area contributed by atoms with Gasteiger partial charge in [0.1, 0.15) is 11.8 Å². The van der Waals surface area contributed by atoms with E-state index in [1.807, 2.05) is 12.1 Å². The second-order valence-electron chi connectivity index (χ2n) is 7.69. The number of hydrogen-bond donors (Lipinski definition) is 2. The SMILES string of the molecule is O=C1CCC(N2Cc3c(ccc4c3OCC43CCNCC3)C2=O)C(=O)N1. The molecule has 136 valence electrons. The number of piperidine rings is 2. The van der Waals surface area contributed by atoms with E-state index in [1.165, 1.54) is 5.56 Å². The molecule has 0 bridgehead atoms. The van der Waals surface area contributed by atoms with Gasteiger partial charge in [0.05, 0.1) is 13.2 Å². The Balaban J connectivity index is 1.48. The molecule has 5 rings (SSSR count). The van der Waals surface area contributed by atoms with Crippen LogP contribution in [-0.4, -0.2) is 48.4 Å². The van der Waals surface area contributed by atoms with Crippen LogP contribution in [0.1, 0.15) is 47.2 Å². The lowest BCUT2D eigenvalue weighted by Gasteiger charge is -2.32. The molecule has 2 fully saturated rings. The summed E-state index contributed by atoms with van der Waals surface area (Å²) in [6, 6.07) is 3.34. The Morgan fingerprint density at radius 1 is 1.15 bits per heavy atom. The molecule has 1 spiro atoms. The first-order valence-electron chi connectivity index (χ1n) is 9.24. The lowest BCUT2D eigenvalue weighted by atomic mass is 9.74. The standard InChI is InChI=1S/C19H21N3O4/c23-15-4-3-14(17(24)21-15)22-9-12-11(18(22)25)1-2-13-16(12)26-10-19(13)5-7-20-8-6-19/h1-2,14,20H,3-10H2,(H,21,23,24). The summed E-state index contributed by atoms with van der Waals surface area (Å²) >= 11 is 0. The summed E-state index contributed by atoms with van der Waals surface area (Å²) in [5.74, 6) is 0.0435. The summed E-state index contributed by atoms with van der Waals surface area (Å²) in [7, 11) is 0. The molecule has 4 heterocycles. The van der Waals surface area contributed by atoms with E-state index in [0.29, 0.717) is 25.1 Å². The molecule has 7 heteroatoms. The van der Waals surface area contributed by atoms with Gasteiger partial charge < -0.3 is 15.0 Å². The largest absolute Gasteiger partial charge is 0.492 e. The van der Waals surface area contributed by atoms with E-state index in [0.717, 1.165) is 37.2 Å². The lowest BCUT2D eigenvalue weighted by Crippen LogP contribution is -2.52. The number of nitrogens with zero attached hydrogens (tertiary/aromatic N) is 1. The Bertz CT molecular complexity index is 828. The Hall–Kier alpha value is -2.41. The van der Waals surface area contributed by atoms with Crippen molar-refractivity contribution in [3.05, 3.63) is 28.8 Å². The van der Waals surface area contributed by atoms with E-state index < -0.39 is 6.04 Å². The number of fused-ring (bicyclic) bond motifs is 4. The number of rotatable bonds is 1. The maximum Gasteiger partial charge on any atom is 0.255 e. The van der Waals surface area contributed by atoms with Crippen molar-refractivity contribution in [2.75, 3.05) is 19.7 Å². The van der Waals surface area contributed by atoms with E-state index in [1.54, 1.807) is 4.90 Å². The molecule has 0 aromatic heterocycles. The summed E-state index contributed by atoms with van der Waals surface area (Å²) in [5.41, 5.74) is 2.77. The first-order valence-corrected chi connectivity index (χ1v) is 9.24. The molecular weight excluding hydrogens is 334 g/mol. The molecule has 7 nitrogen and oxygen atoms in total. The van der Waals surface area contributed by atoms with Crippen molar-refractivity contribution in [2.45, 2.75) is 43.7 Å². The van der Waals surface area contributed by atoms with Gasteiger partial charge in [-0.15, -0.1) is 0 Å². The van der Waals surface area contributed by atoms with Crippen molar-refractivity contribution in [3.8, 4) is 5.75 Å². The van der Waals surface area contributed by atoms with Crippen LogP contribution in [0.4, 0.5) is 0 Å². The monoisotopic (exact) mass is 355 g/mol. The lowest BCUT2D eigenvalue weighted by molar-refractivity contribution is -0.136. The van der Waals surface area contributed by atoms with Gasteiger partial charge in [-0.25, -0.2) is 0 Å². The number of carbonyl (C=O) groups excluding carboxylic acids is 3. The smallest absolute Gasteiger partial charge is 0.255 e. The first kappa shape index (κ1) is 15.8. The highest BCUT2D eigenvalue weighted by Crippen LogP contribution is 2.48. The zero-order valence-corrected chi connectivity index (χ0v) is 14.5. The Labute approximate surface area is 151 Å². The highest BCUT2D eigenvalue weighted by Gasteiger charge is 2.46. The predicted molar refractivity (Wildman–Crippen MR) is 91.8 cm³/mol. The van der Waals surface area contributed by atoms with Gasteiger partial charge in [0.25, 0.3) is 5.91 Å². The van der Waals surface area contributed by atoms with Crippen LogP contribution in [0.2, 0.25) is 0 Å². The summed E-state index contributed by atoms with van der Waals surface area (Å²) in [6.45, 7) is 2.98. The third-order valence-electron chi connectivity index (χ3n) is 6.29. The minimum atomic E-state index is -0.586. The fourth-order valence-corrected chi connectivity index (χ4v) is 4.80. The number of hydrogen-bond acceptors (Lipinski definition) is 5. The molecule has 4 aliphatic rings. The third-order valence-corrected chi connectivity index (χ3v) is 6.29. The second-order valence-corrected chi connectivity index (χ2v) is 7.69. The molecular formula is C19H21N3O4. The quantitative estimate of drug-likeness (QED) is 0.715. The maximum absolute atomic E-state index is 12.9. The average Bonchev–Trinajstić information content (AvgIpc) is 3.15. The van der Waals surface area contributed by atoms with Crippen LogP contribution in [0, 0.1) is 0 Å². The Kier molecular flexibility index (Phi) is 3.37. The third kappa shape index (κ3) is 2.13. The minimum Gasteiger partial charge on any atom is -0.492 e. The molecule has 1 atom stereocenters. The van der Waals surface area contributed by atoms with Crippen molar-refractivity contribution in [3.63, 3.8) is 0 Å². The number of nitrogens with one attached hydrogen (secondary N) is 2. The number of benzene rings is 1. The molecule has 1 unspecified atom stereocenters. The normalized spacial score (nSPS) is 26.5. The summed E-state index contributed by atoms with van der Waals surface area (Å²) < 4.78 is 6.10. The molecule has 2 saturated heterocycles. The predicted octanol–water partition coefficient (Wildman–Crippen LogP) is 0.461. The first-order chi connectivity index (χ1) is 12.6. The van der Waals surface area contributed by atoms with Gasteiger partial charge in [-0.3, -0.25) is 19.7 Å². The summed E-state index contributed by atoms with van der Waals surface area (Å²) in [6.07, 6.45) is 2.71. The van der Waals surface area contributed by atoms with Crippen LogP contribution in [-0.2, 0) is 21.5 Å². The minimum absolute atomic E-state index is 0.0424. The van der Waals surface area contributed by atoms with Gasteiger partial charge in [-0.1, -0.05) is 6.07 Å². The number of ether oxygens (including phenoxy) is 1. The highest BCUT2D eigenvalue weighted by atomic mass is 16.5. The van der Waals surface area contributed by atoms with Gasteiger partial charge in [-0.05, 0) is 38.4 Å². The summed E-state index contributed by atoms with van der Waals surface area (Å²) in [4.78, 5) is 38.1. The fraction of sp³-hybridized carbons (Fsp3) is 0.526. The summed E-state index contributed by atoms with van der Waals surface area (Å²) in [5, 5.41) is 5.74. The van der Waals surface area contributed by atoms with Crippen molar-refractivity contribution < 1.29 is 19.1 Å². The highest BCUT2D eigenvalue weighted by molar-refractivity contribution is 6.05. The Morgan fingerprint density at radius 2 is 1.96 bits per heavy atom. The van der Waals surface area contributed by atoms with Gasteiger partial charge in [0.2, 0.25) is 11.8 Å². The topological polar surface area (TPSA) is 87.7 Å². The molecule has 4 aliphatic heterocycles. The van der Waals surface area contributed by atoms with Crippen LogP contribution in [0.25, 0.3) is 0 Å². The van der Waals surface area contributed by atoms with E-state index in [-0.39, 0.29) is 29.6 Å². The average molecular weight is 355 g/mol.